The lowest BCUT2D eigenvalue weighted by Gasteiger charge is -2.49. The van der Waals surface area contributed by atoms with Crippen LogP contribution in [0, 0.1) is 5.41 Å². The fourth-order valence-corrected chi connectivity index (χ4v) is 2.00. The second kappa shape index (κ2) is 5.15. The summed E-state index contributed by atoms with van der Waals surface area (Å²) in [5, 5.41) is 15.7. The van der Waals surface area contributed by atoms with Crippen molar-refractivity contribution in [2.24, 2.45) is 5.41 Å². The molecule has 1 aliphatic rings. The Balaban J connectivity index is 2.15. The molecule has 4 heteroatoms. The minimum atomic E-state index is -0.213. The fourth-order valence-electron chi connectivity index (χ4n) is 2.00. The maximum atomic E-state index is 11.4. The van der Waals surface area contributed by atoms with Crippen molar-refractivity contribution in [3.63, 3.8) is 0 Å². The van der Waals surface area contributed by atoms with E-state index >= 15 is 0 Å². The number of hydrogen-bond donors (Lipinski definition) is 3. The summed E-state index contributed by atoms with van der Waals surface area (Å²) in [7, 11) is 0. The number of nitrogens with one attached hydrogen (secondary N) is 2. The highest BCUT2D eigenvalue weighted by molar-refractivity contribution is 5.76. The minimum Gasteiger partial charge on any atom is -0.392 e. The Morgan fingerprint density at radius 2 is 2.12 bits per heavy atom. The predicted octanol–water partition coefficient (Wildman–Crippen LogP) is 0.650. The molecule has 0 aromatic heterocycles. The van der Waals surface area contributed by atoms with E-state index in [9.17, 15) is 9.90 Å². The third kappa shape index (κ3) is 3.19. The van der Waals surface area contributed by atoms with Gasteiger partial charge in [0.25, 0.3) is 0 Å². The van der Waals surface area contributed by atoms with Gasteiger partial charge in [0.1, 0.15) is 0 Å². The molecule has 4 nitrogen and oxygen atoms in total. The summed E-state index contributed by atoms with van der Waals surface area (Å²) in [6.07, 6.45) is 1.08. The van der Waals surface area contributed by atoms with Gasteiger partial charge in [-0.15, -0.1) is 0 Å². The zero-order valence-electron chi connectivity index (χ0n) is 10.7. The largest absolute Gasteiger partial charge is 0.392 e. The van der Waals surface area contributed by atoms with Gasteiger partial charge in [-0.3, -0.25) is 4.79 Å². The first kappa shape index (κ1) is 13.5. The molecule has 1 rings (SSSR count). The number of aliphatic hydroxyl groups excluding tert-OH is 1. The third-order valence-electron chi connectivity index (χ3n) is 3.41. The minimum absolute atomic E-state index is 0.0610. The van der Waals surface area contributed by atoms with Crippen LogP contribution in [0.3, 0.4) is 0 Å². The average molecular weight is 228 g/mol. The van der Waals surface area contributed by atoms with Crippen LogP contribution in [0.2, 0.25) is 0 Å². The molecular formula is C12H24N2O2. The van der Waals surface area contributed by atoms with E-state index in [1.807, 2.05) is 27.7 Å². The fraction of sp³-hybridized carbons (Fsp3) is 0.917. The van der Waals surface area contributed by atoms with Crippen molar-refractivity contribution in [2.45, 2.75) is 58.7 Å². The Hall–Kier alpha value is -0.610. The van der Waals surface area contributed by atoms with Crippen LogP contribution in [0.5, 0.6) is 0 Å². The molecule has 2 atom stereocenters. The van der Waals surface area contributed by atoms with Gasteiger partial charge >= 0.3 is 0 Å². The molecule has 0 bridgehead atoms. The molecule has 1 amide bonds. The van der Waals surface area contributed by atoms with E-state index in [0.29, 0.717) is 19.0 Å². The van der Waals surface area contributed by atoms with Gasteiger partial charge in [0.2, 0.25) is 5.91 Å². The van der Waals surface area contributed by atoms with Gasteiger partial charge < -0.3 is 15.7 Å². The molecule has 1 aliphatic carbocycles. The number of carbonyl (C=O) groups excluding carboxylic acids is 1. The molecule has 0 heterocycles. The van der Waals surface area contributed by atoms with Crippen LogP contribution < -0.4 is 10.6 Å². The van der Waals surface area contributed by atoms with Crippen molar-refractivity contribution in [1.82, 2.24) is 10.6 Å². The number of amides is 1. The van der Waals surface area contributed by atoms with Crippen molar-refractivity contribution in [2.75, 3.05) is 6.54 Å². The van der Waals surface area contributed by atoms with Gasteiger partial charge in [-0.05, 0) is 20.3 Å². The van der Waals surface area contributed by atoms with Gasteiger partial charge in [0.15, 0.2) is 0 Å². The molecule has 0 spiro atoms. The number of hydrogen-bond acceptors (Lipinski definition) is 3. The lowest BCUT2D eigenvalue weighted by molar-refractivity contribution is -0.121. The van der Waals surface area contributed by atoms with E-state index in [4.69, 9.17) is 0 Å². The lowest BCUT2D eigenvalue weighted by Crippen LogP contribution is -2.60. The summed E-state index contributed by atoms with van der Waals surface area (Å²) in [5.74, 6) is 0.0835. The summed E-state index contributed by atoms with van der Waals surface area (Å²) < 4.78 is 0. The van der Waals surface area contributed by atoms with Gasteiger partial charge in [-0.25, -0.2) is 0 Å². The molecule has 3 N–H and O–H groups in total. The molecule has 0 aromatic rings. The van der Waals surface area contributed by atoms with Crippen LogP contribution in [-0.2, 0) is 4.79 Å². The highest BCUT2D eigenvalue weighted by Crippen LogP contribution is 2.40. The first-order valence-electron chi connectivity index (χ1n) is 6.05. The topological polar surface area (TPSA) is 61.4 Å². The molecule has 16 heavy (non-hydrogen) atoms. The Bertz CT molecular complexity index is 251. The highest BCUT2D eigenvalue weighted by atomic mass is 16.3. The van der Waals surface area contributed by atoms with Crippen molar-refractivity contribution in [1.29, 1.82) is 0 Å². The van der Waals surface area contributed by atoms with Crippen LogP contribution in [0.15, 0.2) is 0 Å². The summed E-state index contributed by atoms with van der Waals surface area (Å²) in [4.78, 5) is 11.4. The van der Waals surface area contributed by atoms with E-state index in [2.05, 4.69) is 10.6 Å². The van der Waals surface area contributed by atoms with E-state index < -0.39 is 0 Å². The van der Waals surface area contributed by atoms with Gasteiger partial charge in [-0.1, -0.05) is 13.8 Å². The van der Waals surface area contributed by atoms with Crippen molar-refractivity contribution in [3.05, 3.63) is 0 Å². The number of carbonyl (C=O) groups is 1. The summed E-state index contributed by atoms with van der Waals surface area (Å²) in [6.45, 7) is 8.69. The quantitative estimate of drug-likeness (QED) is 0.647. The monoisotopic (exact) mass is 228 g/mol. The SMILES string of the molecule is CC(C)NC(=O)CCNC1CC(O)C1(C)C. The van der Waals surface area contributed by atoms with Gasteiger partial charge in [-0.2, -0.15) is 0 Å². The van der Waals surface area contributed by atoms with E-state index in [1.54, 1.807) is 0 Å². The van der Waals surface area contributed by atoms with Crippen molar-refractivity contribution >= 4 is 5.91 Å². The Kier molecular flexibility index (Phi) is 4.33. The molecule has 0 radical (unpaired) electrons. The smallest absolute Gasteiger partial charge is 0.221 e. The molecule has 0 aliphatic heterocycles. The third-order valence-corrected chi connectivity index (χ3v) is 3.41. The molecular weight excluding hydrogens is 204 g/mol. The van der Waals surface area contributed by atoms with Crippen molar-refractivity contribution < 1.29 is 9.90 Å². The first-order chi connectivity index (χ1) is 7.34. The Morgan fingerprint density at radius 3 is 2.56 bits per heavy atom. The summed E-state index contributed by atoms with van der Waals surface area (Å²) >= 11 is 0. The first-order valence-corrected chi connectivity index (χ1v) is 6.05. The summed E-state index contributed by atoms with van der Waals surface area (Å²) in [5.41, 5.74) is -0.0610. The Labute approximate surface area is 97.8 Å². The van der Waals surface area contributed by atoms with Crippen LogP contribution in [-0.4, -0.2) is 35.7 Å². The zero-order valence-corrected chi connectivity index (χ0v) is 10.7. The normalized spacial score (nSPS) is 27.6. The lowest BCUT2D eigenvalue weighted by atomic mass is 9.64. The average Bonchev–Trinajstić information content (AvgIpc) is 2.15. The van der Waals surface area contributed by atoms with Crippen LogP contribution in [0.25, 0.3) is 0 Å². The molecule has 1 fully saturated rings. The van der Waals surface area contributed by atoms with Gasteiger partial charge in [0, 0.05) is 30.5 Å². The number of rotatable bonds is 5. The standard InChI is InChI=1S/C12H24N2O2/c1-8(2)14-11(16)5-6-13-9-7-10(15)12(9,3)4/h8-10,13,15H,5-7H2,1-4H3,(H,14,16). The summed E-state index contributed by atoms with van der Waals surface area (Å²) in [6, 6.07) is 0.531. The molecule has 1 saturated carbocycles. The van der Waals surface area contributed by atoms with Crippen LogP contribution in [0.4, 0.5) is 0 Å². The maximum absolute atomic E-state index is 11.4. The molecule has 0 aromatic carbocycles. The van der Waals surface area contributed by atoms with Crippen LogP contribution in [0.1, 0.15) is 40.5 Å². The van der Waals surface area contributed by atoms with E-state index in [1.165, 1.54) is 0 Å². The van der Waals surface area contributed by atoms with Crippen LogP contribution >= 0.6 is 0 Å². The van der Waals surface area contributed by atoms with Crippen molar-refractivity contribution in [3.8, 4) is 0 Å². The molecule has 94 valence electrons. The maximum Gasteiger partial charge on any atom is 0.221 e. The van der Waals surface area contributed by atoms with Gasteiger partial charge in [0.05, 0.1) is 6.10 Å². The van der Waals surface area contributed by atoms with E-state index in [0.717, 1.165) is 6.42 Å². The zero-order chi connectivity index (χ0) is 12.3. The number of aliphatic hydroxyl groups is 1. The molecule has 2 unspecified atom stereocenters. The Morgan fingerprint density at radius 1 is 1.50 bits per heavy atom. The predicted molar refractivity (Wildman–Crippen MR) is 64.1 cm³/mol. The van der Waals surface area contributed by atoms with E-state index in [-0.39, 0.29) is 23.5 Å². The molecule has 0 saturated heterocycles. The second-order valence-corrected chi connectivity index (χ2v) is 5.55. The second-order valence-electron chi connectivity index (χ2n) is 5.55. The highest BCUT2D eigenvalue weighted by Gasteiger charge is 2.46.